The first kappa shape index (κ1) is 12.7. The van der Waals surface area contributed by atoms with E-state index in [9.17, 15) is 0 Å². The van der Waals surface area contributed by atoms with Crippen LogP contribution in [0.2, 0.25) is 0 Å². The summed E-state index contributed by atoms with van der Waals surface area (Å²) in [6, 6.07) is 9.50. The van der Waals surface area contributed by atoms with Crippen molar-refractivity contribution < 1.29 is 0 Å². The Labute approximate surface area is 118 Å². The molecule has 1 aromatic heterocycles. The summed E-state index contributed by atoms with van der Waals surface area (Å²) in [6.07, 6.45) is 3.73. The van der Waals surface area contributed by atoms with Gasteiger partial charge in [-0.3, -0.25) is 0 Å². The van der Waals surface area contributed by atoms with Gasteiger partial charge in [0.25, 0.3) is 0 Å². The minimum atomic E-state index is 0.674. The Morgan fingerprint density at radius 2 is 2.00 bits per heavy atom. The molecule has 1 aliphatic rings. The number of hydrogen-bond donors (Lipinski definition) is 1. The van der Waals surface area contributed by atoms with E-state index in [4.69, 9.17) is 0 Å². The smallest absolute Gasteiger partial charge is 0.183 e. The molecule has 0 saturated heterocycles. The summed E-state index contributed by atoms with van der Waals surface area (Å²) in [7, 11) is 0. The molecule has 1 N–H and O–H groups in total. The van der Waals surface area contributed by atoms with E-state index in [-0.39, 0.29) is 0 Å². The highest BCUT2D eigenvalue weighted by Gasteiger charge is 2.22. The summed E-state index contributed by atoms with van der Waals surface area (Å²) in [4.78, 5) is 4.66. The van der Waals surface area contributed by atoms with Crippen molar-refractivity contribution in [1.82, 2.24) is 4.98 Å². The van der Waals surface area contributed by atoms with Gasteiger partial charge in [-0.1, -0.05) is 38.1 Å². The van der Waals surface area contributed by atoms with Gasteiger partial charge in [-0.15, -0.1) is 11.3 Å². The van der Waals surface area contributed by atoms with E-state index in [0.29, 0.717) is 12.0 Å². The highest BCUT2D eigenvalue weighted by Crippen LogP contribution is 2.30. The third-order valence-electron chi connectivity index (χ3n) is 3.30. The maximum atomic E-state index is 4.66. The summed E-state index contributed by atoms with van der Waals surface area (Å²) in [6.45, 7) is 4.51. The second-order valence-corrected chi connectivity index (χ2v) is 6.61. The zero-order valence-electron chi connectivity index (χ0n) is 11.5. The van der Waals surface area contributed by atoms with Crippen LogP contribution in [0, 0.1) is 5.92 Å². The molecule has 0 aliphatic heterocycles. The third-order valence-corrected chi connectivity index (χ3v) is 4.08. The zero-order chi connectivity index (χ0) is 13.2. The lowest BCUT2D eigenvalue weighted by atomic mass is 10.0. The van der Waals surface area contributed by atoms with Crippen LogP contribution in [0.4, 0.5) is 5.13 Å². The molecule has 0 radical (unpaired) electrons. The summed E-state index contributed by atoms with van der Waals surface area (Å²) in [5.41, 5.74) is 3.71. The first-order chi connectivity index (χ1) is 9.20. The second kappa shape index (κ2) is 5.33. The molecule has 1 aromatic carbocycles. The summed E-state index contributed by atoms with van der Waals surface area (Å²) in [5, 5.41) is 6.65. The normalized spacial score (nSPS) is 14.9. The molecule has 0 bridgehead atoms. The summed E-state index contributed by atoms with van der Waals surface area (Å²) in [5.74, 6) is 0.708. The molecule has 0 atom stereocenters. The van der Waals surface area contributed by atoms with Crippen LogP contribution in [-0.4, -0.2) is 11.0 Å². The van der Waals surface area contributed by atoms with Crippen LogP contribution in [0.5, 0.6) is 0 Å². The Kier molecular flexibility index (Phi) is 3.56. The van der Waals surface area contributed by atoms with Gasteiger partial charge < -0.3 is 5.32 Å². The lowest BCUT2D eigenvalue weighted by molar-refractivity contribution is 0.647. The van der Waals surface area contributed by atoms with Crippen molar-refractivity contribution in [3.63, 3.8) is 0 Å². The quantitative estimate of drug-likeness (QED) is 0.861. The average Bonchev–Trinajstić information content (AvgIpc) is 3.06. The lowest BCUT2D eigenvalue weighted by Crippen LogP contribution is -1.99. The van der Waals surface area contributed by atoms with Crippen molar-refractivity contribution in [2.24, 2.45) is 5.92 Å². The molecule has 1 fully saturated rings. The predicted octanol–water partition coefficient (Wildman–Crippen LogP) is 4.58. The number of aromatic nitrogens is 1. The number of benzene rings is 1. The van der Waals surface area contributed by atoms with Crippen LogP contribution >= 0.6 is 11.3 Å². The Bertz CT molecular complexity index is 538. The van der Waals surface area contributed by atoms with Crippen LogP contribution in [0.25, 0.3) is 11.3 Å². The molecule has 0 spiro atoms. The lowest BCUT2D eigenvalue weighted by Gasteiger charge is -2.05. The van der Waals surface area contributed by atoms with Crippen molar-refractivity contribution in [2.75, 3.05) is 5.32 Å². The maximum Gasteiger partial charge on any atom is 0.183 e. The van der Waals surface area contributed by atoms with Crippen LogP contribution in [-0.2, 0) is 6.42 Å². The fraction of sp³-hybridized carbons (Fsp3) is 0.438. The number of thiazole rings is 1. The number of hydrogen-bond acceptors (Lipinski definition) is 3. The molecule has 2 nitrogen and oxygen atoms in total. The molecule has 3 heteroatoms. The monoisotopic (exact) mass is 272 g/mol. The highest BCUT2D eigenvalue weighted by atomic mass is 32.1. The van der Waals surface area contributed by atoms with Gasteiger partial charge in [0.1, 0.15) is 0 Å². The molecule has 0 amide bonds. The molecule has 2 aromatic rings. The van der Waals surface area contributed by atoms with Gasteiger partial charge in [0.2, 0.25) is 0 Å². The number of nitrogens with zero attached hydrogens (tertiary/aromatic N) is 1. The Morgan fingerprint density at radius 3 is 2.63 bits per heavy atom. The van der Waals surface area contributed by atoms with Gasteiger partial charge in [-0.25, -0.2) is 4.98 Å². The minimum Gasteiger partial charge on any atom is -0.359 e. The van der Waals surface area contributed by atoms with E-state index in [1.54, 1.807) is 11.3 Å². The number of rotatable bonds is 5. The van der Waals surface area contributed by atoms with Crippen LogP contribution in [0.15, 0.2) is 29.6 Å². The van der Waals surface area contributed by atoms with Crippen LogP contribution in [0.3, 0.4) is 0 Å². The van der Waals surface area contributed by atoms with E-state index in [1.165, 1.54) is 24.0 Å². The zero-order valence-corrected chi connectivity index (χ0v) is 12.3. The van der Waals surface area contributed by atoms with Crippen molar-refractivity contribution >= 4 is 16.5 Å². The summed E-state index contributed by atoms with van der Waals surface area (Å²) >= 11 is 1.71. The molecular formula is C16H20N2S. The van der Waals surface area contributed by atoms with Gasteiger partial charge in [0, 0.05) is 17.0 Å². The highest BCUT2D eigenvalue weighted by molar-refractivity contribution is 7.14. The summed E-state index contributed by atoms with van der Waals surface area (Å²) < 4.78 is 0. The standard InChI is InChI=1S/C16H20N2S/c1-11(2)9-12-3-5-13(6-4-12)15-10-19-16(18-15)17-14-7-8-14/h3-6,10-11,14H,7-9H2,1-2H3,(H,17,18). The van der Waals surface area contributed by atoms with E-state index < -0.39 is 0 Å². The predicted molar refractivity (Wildman–Crippen MR) is 82.7 cm³/mol. The van der Waals surface area contributed by atoms with Crippen LogP contribution in [0.1, 0.15) is 32.3 Å². The first-order valence-corrected chi connectivity index (χ1v) is 7.90. The van der Waals surface area contributed by atoms with Gasteiger partial charge in [-0.05, 0) is 30.7 Å². The molecule has 19 heavy (non-hydrogen) atoms. The SMILES string of the molecule is CC(C)Cc1ccc(-c2csc(NC3CC3)n2)cc1. The fourth-order valence-electron chi connectivity index (χ4n) is 2.16. The van der Waals surface area contributed by atoms with Crippen molar-refractivity contribution in [2.45, 2.75) is 39.2 Å². The first-order valence-electron chi connectivity index (χ1n) is 7.02. The van der Waals surface area contributed by atoms with Gasteiger partial charge in [0.15, 0.2) is 5.13 Å². The Hall–Kier alpha value is -1.35. The maximum absolute atomic E-state index is 4.66. The van der Waals surface area contributed by atoms with E-state index in [1.807, 2.05) is 0 Å². The number of anilines is 1. The van der Waals surface area contributed by atoms with Crippen LogP contribution < -0.4 is 5.32 Å². The number of nitrogens with one attached hydrogen (secondary N) is 1. The Morgan fingerprint density at radius 1 is 1.26 bits per heavy atom. The molecule has 3 rings (SSSR count). The van der Waals surface area contributed by atoms with E-state index >= 15 is 0 Å². The fourth-order valence-corrected chi connectivity index (χ4v) is 2.96. The topological polar surface area (TPSA) is 24.9 Å². The van der Waals surface area contributed by atoms with E-state index in [0.717, 1.165) is 17.2 Å². The van der Waals surface area contributed by atoms with Crippen molar-refractivity contribution in [3.05, 3.63) is 35.2 Å². The molecule has 100 valence electrons. The van der Waals surface area contributed by atoms with Crippen molar-refractivity contribution in [3.8, 4) is 11.3 Å². The Balaban J connectivity index is 1.71. The van der Waals surface area contributed by atoms with Gasteiger partial charge >= 0.3 is 0 Å². The largest absolute Gasteiger partial charge is 0.359 e. The van der Waals surface area contributed by atoms with Gasteiger partial charge in [-0.2, -0.15) is 0 Å². The minimum absolute atomic E-state index is 0.674. The van der Waals surface area contributed by atoms with E-state index in [2.05, 4.69) is 53.8 Å². The third kappa shape index (κ3) is 3.35. The van der Waals surface area contributed by atoms with Crippen molar-refractivity contribution in [1.29, 1.82) is 0 Å². The second-order valence-electron chi connectivity index (χ2n) is 5.75. The average molecular weight is 272 g/mol. The van der Waals surface area contributed by atoms with Gasteiger partial charge in [0.05, 0.1) is 5.69 Å². The molecule has 0 unspecified atom stereocenters. The molecule has 1 aliphatic carbocycles. The molecule has 1 saturated carbocycles. The molecular weight excluding hydrogens is 252 g/mol. The molecule has 1 heterocycles.